The molecule has 364 valence electrons. The highest BCUT2D eigenvalue weighted by atomic mass is 31.2. The van der Waals surface area contributed by atoms with Crippen LogP contribution in [0, 0.1) is 12.1 Å². The van der Waals surface area contributed by atoms with E-state index in [1.807, 2.05) is 6.92 Å². The Morgan fingerprint density at radius 2 is 1.71 bits per heavy atom. The van der Waals surface area contributed by atoms with Crippen LogP contribution in [0.15, 0.2) is 53.3 Å². The number of nitrogens with zero attached hydrogens (tertiary/aromatic N) is 2. The number of carbonyl (C=O) groups excluding carboxylic acids is 3. The van der Waals surface area contributed by atoms with Crippen LogP contribution in [-0.4, -0.2) is 89.1 Å². The zero-order chi connectivity index (χ0) is 49.4. The number of carboxylic acids is 1. The molecule has 4 aromatic rings. The monoisotopic (exact) mass is 978 g/mol. The van der Waals surface area contributed by atoms with Gasteiger partial charge in [-0.15, -0.1) is 6.42 Å². The SMILES string of the molecule is C#CP(=O)(Nc1ccc(C(=O)NCCCCCOP(=O)(NC(C)C(=O)NC(C)C(=O)O)Oc2ccc3nc4c(c(CC)c3c2)Cn2c-4cc3c(c2=O)COC(=O)[C@]3(O)CC)cc1)OCCCOC. The fourth-order valence-electron chi connectivity index (χ4n) is 7.78. The van der Waals surface area contributed by atoms with Gasteiger partial charge < -0.3 is 49.0 Å². The molecule has 20 nitrogen and oxygen atoms in total. The molecule has 22 heteroatoms. The van der Waals surface area contributed by atoms with Crippen molar-refractivity contribution in [3.05, 3.63) is 86.7 Å². The second-order valence-electron chi connectivity index (χ2n) is 16.3. The van der Waals surface area contributed by atoms with Crippen LogP contribution >= 0.6 is 15.3 Å². The predicted molar refractivity (Wildman–Crippen MR) is 251 cm³/mol. The van der Waals surface area contributed by atoms with Crippen LogP contribution in [0.3, 0.4) is 0 Å². The Balaban J connectivity index is 1.12. The van der Waals surface area contributed by atoms with Gasteiger partial charge in [-0.2, -0.15) is 5.09 Å². The molecule has 6 N–H and O–H groups in total. The smallest absolute Gasteiger partial charge is 0.459 e. The summed E-state index contributed by atoms with van der Waals surface area (Å²) < 4.78 is 56.3. The van der Waals surface area contributed by atoms with Gasteiger partial charge in [-0.1, -0.05) is 13.8 Å². The van der Waals surface area contributed by atoms with Crippen LogP contribution < -0.4 is 30.9 Å². The molecule has 2 amide bonds. The number of aryl methyl sites for hydroxylation is 1. The number of hydrogen-bond donors (Lipinski definition) is 6. The van der Waals surface area contributed by atoms with Crippen molar-refractivity contribution in [1.29, 1.82) is 0 Å². The molecule has 68 heavy (non-hydrogen) atoms. The van der Waals surface area contributed by atoms with Crippen molar-refractivity contribution < 1.29 is 61.6 Å². The number of esters is 1. The van der Waals surface area contributed by atoms with E-state index in [0.29, 0.717) is 78.8 Å². The third kappa shape index (κ3) is 11.5. The van der Waals surface area contributed by atoms with Crippen LogP contribution in [0.25, 0.3) is 22.3 Å². The van der Waals surface area contributed by atoms with E-state index < -0.39 is 56.4 Å². The van der Waals surface area contributed by atoms with E-state index in [1.165, 1.54) is 19.9 Å². The van der Waals surface area contributed by atoms with Crippen LogP contribution in [0.4, 0.5) is 5.69 Å². The van der Waals surface area contributed by atoms with Gasteiger partial charge in [-0.3, -0.25) is 28.3 Å². The number of methoxy groups -OCH3 is 1. The molecule has 2 aliphatic heterocycles. The normalized spacial score (nSPS) is 17.5. The Labute approximate surface area is 392 Å². The van der Waals surface area contributed by atoms with E-state index in [2.05, 4.69) is 26.5 Å². The summed E-state index contributed by atoms with van der Waals surface area (Å²) in [6.07, 6.45) is 7.88. The van der Waals surface area contributed by atoms with Gasteiger partial charge in [-0.25, -0.2) is 14.3 Å². The summed E-state index contributed by atoms with van der Waals surface area (Å²) in [5.74, 6) is -3.09. The molecule has 0 saturated heterocycles. The van der Waals surface area contributed by atoms with Gasteiger partial charge in [0, 0.05) is 53.7 Å². The molecule has 5 atom stereocenters. The summed E-state index contributed by atoms with van der Waals surface area (Å²) in [4.78, 5) is 68.6. The lowest BCUT2D eigenvalue weighted by Crippen LogP contribution is -2.47. The van der Waals surface area contributed by atoms with Crippen molar-refractivity contribution in [2.45, 2.75) is 97.1 Å². The van der Waals surface area contributed by atoms with E-state index in [0.717, 1.165) is 11.1 Å². The minimum atomic E-state index is -4.37. The Kier molecular flexibility index (Phi) is 16.7. The van der Waals surface area contributed by atoms with Gasteiger partial charge >= 0.3 is 27.2 Å². The lowest BCUT2D eigenvalue weighted by Gasteiger charge is -2.31. The molecule has 0 radical (unpaired) electrons. The number of ether oxygens (including phenoxy) is 2. The van der Waals surface area contributed by atoms with E-state index in [1.54, 1.807) is 61.1 Å². The Morgan fingerprint density at radius 3 is 2.38 bits per heavy atom. The molecule has 0 saturated carbocycles. The van der Waals surface area contributed by atoms with E-state index in [9.17, 15) is 43.3 Å². The molecule has 4 unspecified atom stereocenters. The Bertz CT molecular complexity index is 2780. The van der Waals surface area contributed by atoms with Crippen molar-refractivity contribution in [2.75, 3.05) is 38.6 Å². The molecular weight excluding hydrogens is 922 g/mol. The number of benzene rings is 2. The van der Waals surface area contributed by atoms with Gasteiger partial charge in [-0.05, 0) is 106 Å². The van der Waals surface area contributed by atoms with Crippen LogP contribution in [0.2, 0.25) is 0 Å². The first-order valence-electron chi connectivity index (χ1n) is 22.2. The number of rotatable bonds is 24. The third-order valence-electron chi connectivity index (χ3n) is 11.6. The molecule has 0 bridgehead atoms. The highest BCUT2D eigenvalue weighted by Crippen LogP contribution is 2.47. The fourth-order valence-corrected chi connectivity index (χ4v) is 10.4. The van der Waals surface area contributed by atoms with Crippen LogP contribution in [-0.2, 0) is 67.2 Å². The van der Waals surface area contributed by atoms with Crippen molar-refractivity contribution in [2.24, 2.45) is 0 Å². The summed E-state index contributed by atoms with van der Waals surface area (Å²) in [5.41, 5.74) is 4.01. The second-order valence-corrected chi connectivity index (χ2v) is 19.8. The molecule has 2 aromatic heterocycles. The number of fused-ring (bicyclic) bond motifs is 5. The molecule has 0 fully saturated rings. The zero-order valence-corrected chi connectivity index (χ0v) is 40.2. The number of amides is 2. The number of unbranched alkanes of at least 4 members (excludes halogenated alkanes) is 2. The number of aliphatic carboxylic acids is 1. The zero-order valence-electron chi connectivity index (χ0n) is 38.4. The minimum absolute atomic E-state index is 0.00252. The molecule has 6 rings (SSSR count). The number of nitrogens with one attached hydrogen (secondary N) is 4. The number of cyclic esters (lactones) is 1. The van der Waals surface area contributed by atoms with Gasteiger partial charge in [0.2, 0.25) is 5.91 Å². The number of aromatic nitrogens is 2. The van der Waals surface area contributed by atoms with Crippen LogP contribution in [0.5, 0.6) is 5.75 Å². The number of hydrogen-bond acceptors (Lipinski definition) is 14. The number of terminal acetylenes is 1. The molecule has 2 aromatic carbocycles. The standard InChI is InChI=1S/C46H56N6O14P2/c1-7-33-34-24-32(18-19-38(34)49-40-35(33)26-52-39(40)25-37-36(43(52)55)27-63-45(58)46(37,59)8-2)66-68(61,50-28(4)41(53)48-29(5)44(56)57)65-22-12-10-11-20-47-42(54)30-14-16-31(17-15-30)51-67(60,9-3)64-23-13-21-62-6/h3,14-19,24-25,28-29,59H,7-8,10-13,20-23,26-27H2,1-2,4-6H3,(H,47,54)(H,48,53)(H,50,61)(H,51,60)(H,56,57)/t28?,29?,46-,67?,68?/m0/s1. The minimum Gasteiger partial charge on any atom is -0.480 e. The first-order chi connectivity index (χ1) is 32.4. The Hall–Kier alpha value is -5.90. The van der Waals surface area contributed by atoms with E-state index in [4.69, 9.17) is 34.5 Å². The number of pyridine rings is 2. The van der Waals surface area contributed by atoms with Gasteiger partial charge in [0.1, 0.15) is 18.4 Å². The Morgan fingerprint density at radius 1 is 0.971 bits per heavy atom. The summed E-state index contributed by atoms with van der Waals surface area (Å²) in [5, 5.41) is 31.8. The van der Waals surface area contributed by atoms with Gasteiger partial charge in [0.05, 0.1) is 48.3 Å². The summed E-state index contributed by atoms with van der Waals surface area (Å²) >= 11 is 0. The quantitative estimate of drug-likeness (QED) is 0.0191. The molecule has 0 spiro atoms. The highest BCUT2D eigenvalue weighted by molar-refractivity contribution is 7.65. The second kappa shape index (κ2) is 22.0. The lowest BCUT2D eigenvalue weighted by molar-refractivity contribution is -0.172. The molecule has 4 heterocycles. The average molecular weight is 979 g/mol. The van der Waals surface area contributed by atoms with Gasteiger partial charge in [0.15, 0.2) is 5.60 Å². The summed E-state index contributed by atoms with van der Waals surface area (Å²) in [6.45, 7) is 6.91. The number of carboxylic acid groups (broad SMARTS) is 1. The summed E-state index contributed by atoms with van der Waals surface area (Å²) in [7, 11) is -6.42. The largest absolute Gasteiger partial charge is 0.480 e. The van der Waals surface area contributed by atoms with Crippen molar-refractivity contribution in [3.63, 3.8) is 0 Å². The lowest BCUT2D eigenvalue weighted by atomic mass is 9.86. The number of aliphatic hydroxyl groups is 1. The number of carbonyl (C=O) groups is 4. The third-order valence-corrected chi connectivity index (χ3v) is 14.7. The first kappa shape index (κ1) is 51.5. The maximum absolute atomic E-state index is 14.5. The van der Waals surface area contributed by atoms with E-state index >= 15 is 0 Å². The first-order valence-corrected chi connectivity index (χ1v) is 25.3. The van der Waals surface area contributed by atoms with Gasteiger partial charge in [0.25, 0.3) is 11.5 Å². The van der Waals surface area contributed by atoms with Crippen LogP contribution in [0.1, 0.15) is 92.4 Å². The van der Waals surface area contributed by atoms with Crippen molar-refractivity contribution >= 4 is 55.6 Å². The van der Waals surface area contributed by atoms with Crippen molar-refractivity contribution in [1.82, 2.24) is 25.3 Å². The average Bonchev–Trinajstić information content (AvgIpc) is 3.69. The molecular formula is C46H56N6O14P2. The number of anilines is 1. The molecule has 0 aliphatic carbocycles. The summed E-state index contributed by atoms with van der Waals surface area (Å²) in [6, 6.07) is 10.2. The van der Waals surface area contributed by atoms with E-state index in [-0.39, 0.29) is 55.6 Å². The maximum atomic E-state index is 14.5. The van der Waals surface area contributed by atoms with Crippen molar-refractivity contribution in [3.8, 4) is 29.2 Å². The highest BCUT2D eigenvalue weighted by Gasteiger charge is 2.45. The topological polar surface area (TPSA) is 272 Å². The fraction of sp³-hybridized carbons (Fsp3) is 0.435. The molecule has 2 aliphatic rings. The maximum Gasteiger partial charge on any atom is 0.459 e. The predicted octanol–water partition coefficient (Wildman–Crippen LogP) is 5.56.